The number of nitrogens with one attached hydrogen (secondary N) is 1. The molecule has 4 rings (SSSR count). The second-order valence-corrected chi connectivity index (χ2v) is 9.04. The summed E-state index contributed by atoms with van der Waals surface area (Å²) in [7, 11) is 0. The molecule has 1 fully saturated rings. The minimum absolute atomic E-state index is 0.0112. The van der Waals surface area contributed by atoms with Gasteiger partial charge in [-0.05, 0) is 56.4 Å². The fourth-order valence-corrected chi connectivity index (χ4v) is 4.94. The van der Waals surface area contributed by atoms with Gasteiger partial charge in [0, 0.05) is 5.69 Å². The van der Waals surface area contributed by atoms with Gasteiger partial charge in [-0.25, -0.2) is 14.8 Å². The van der Waals surface area contributed by atoms with E-state index < -0.39 is 35.1 Å². The minimum atomic E-state index is -4.98. The van der Waals surface area contributed by atoms with Crippen molar-refractivity contribution in [1.29, 1.82) is 0 Å². The molecule has 0 spiro atoms. The number of hydrogen-bond donors (Lipinski definition) is 1. The van der Waals surface area contributed by atoms with E-state index in [4.69, 9.17) is 4.74 Å². The summed E-state index contributed by atoms with van der Waals surface area (Å²) >= 11 is 1.03. The Morgan fingerprint density at radius 1 is 1.00 bits per heavy atom. The zero-order valence-electron chi connectivity index (χ0n) is 17.8. The number of ether oxygens (including phenoxy) is 1. The van der Waals surface area contributed by atoms with Crippen LogP contribution in [0.2, 0.25) is 0 Å². The first-order valence-electron chi connectivity index (χ1n) is 10.4. The smallest absolute Gasteiger partial charge is 0.416 e. The summed E-state index contributed by atoms with van der Waals surface area (Å²) in [5, 5.41) is 2.88. The number of anilines is 2. The van der Waals surface area contributed by atoms with Crippen LogP contribution in [-0.4, -0.2) is 22.0 Å². The van der Waals surface area contributed by atoms with E-state index in [-0.39, 0.29) is 22.9 Å². The molecule has 34 heavy (non-hydrogen) atoms. The van der Waals surface area contributed by atoms with Crippen LogP contribution in [0, 0.1) is 6.92 Å². The lowest BCUT2D eigenvalue weighted by molar-refractivity contribution is -0.143. The molecule has 1 aliphatic rings. The highest BCUT2D eigenvalue weighted by Gasteiger charge is 2.37. The average molecular weight is 503 g/mol. The van der Waals surface area contributed by atoms with E-state index in [2.05, 4.69) is 15.3 Å². The first-order valence-corrected chi connectivity index (χ1v) is 11.3. The van der Waals surface area contributed by atoms with Gasteiger partial charge in [-0.2, -0.15) is 26.3 Å². The molecular weight excluding hydrogens is 484 g/mol. The van der Waals surface area contributed by atoms with Gasteiger partial charge in [0.1, 0.15) is 28.0 Å². The number of aromatic nitrogens is 2. The Labute approximate surface area is 194 Å². The summed E-state index contributed by atoms with van der Waals surface area (Å²) in [5.74, 6) is -0.542. The van der Waals surface area contributed by atoms with Crippen molar-refractivity contribution in [2.45, 2.75) is 57.5 Å². The van der Waals surface area contributed by atoms with Crippen LogP contribution < -0.4 is 5.32 Å². The molecule has 0 radical (unpaired) electrons. The van der Waals surface area contributed by atoms with Crippen molar-refractivity contribution in [3.63, 3.8) is 0 Å². The molecule has 1 aliphatic carbocycles. The van der Waals surface area contributed by atoms with E-state index in [0.29, 0.717) is 27.9 Å². The van der Waals surface area contributed by atoms with Crippen molar-refractivity contribution in [2.24, 2.45) is 0 Å². The third-order valence-corrected chi connectivity index (χ3v) is 6.77. The summed E-state index contributed by atoms with van der Waals surface area (Å²) in [4.78, 5) is 21.5. The maximum atomic E-state index is 13.2. The molecule has 0 amide bonds. The van der Waals surface area contributed by atoms with Gasteiger partial charge >= 0.3 is 18.3 Å². The average Bonchev–Trinajstić information content (AvgIpc) is 3.11. The van der Waals surface area contributed by atoms with Gasteiger partial charge in [0.25, 0.3) is 0 Å². The van der Waals surface area contributed by atoms with Crippen LogP contribution in [0.1, 0.15) is 58.5 Å². The molecule has 0 saturated heterocycles. The summed E-state index contributed by atoms with van der Waals surface area (Å²) in [5.41, 5.74) is -2.91. The lowest BCUT2D eigenvalue weighted by Gasteiger charge is -2.21. The molecule has 5 nitrogen and oxygen atoms in total. The first kappa shape index (κ1) is 24.2. The quantitative estimate of drug-likeness (QED) is 0.300. The highest BCUT2D eigenvalue weighted by atomic mass is 32.1. The van der Waals surface area contributed by atoms with Crippen molar-refractivity contribution < 1.29 is 35.9 Å². The van der Waals surface area contributed by atoms with Gasteiger partial charge in [-0.15, -0.1) is 11.3 Å². The van der Waals surface area contributed by atoms with Crippen LogP contribution in [0.4, 0.5) is 37.8 Å². The number of hydrogen-bond acceptors (Lipinski definition) is 6. The van der Waals surface area contributed by atoms with E-state index in [0.717, 1.165) is 49.8 Å². The normalized spacial score (nSPS) is 15.5. The van der Waals surface area contributed by atoms with E-state index in [9.17, 15) is 31.1 Å². The number of rotatable bonds is 4. The Morgan fingerprint density at radius 3 is 2.21 bits per heavy atom. The summed E-state index contributed by atoms with van der Waals surface area (Å²) in [6.07, 6.45) is -4.43. The van der Waals surface area contributed by atoms with Gasteiger partial charge in [0.2, 0.25) is 0 Å². The summed E-state index contributed by atoms with van der Waals surface area (Å²) in [6.45, 7) is 1.61. The predicted octanol–water partition coefficient (Wildman–Crippen LogP) is 7.27. The van der Waals surface area contributed by atoms with Gasteiger partial charge in [-0.1, -0.05) is 6.42 Å². The Hall–Kier alpha value is -2.89. The topological polar surface area (TPSA) is 64.1 Å². The second-order valence-electron chi connectivity index (χ2n) is 8.04. The Morgan fingerprint density at radius 2 is 1.62 bits per heavy atom. The monoisotopic (exact) mass is 503 g/mol. The fraction of sp³-hybridized carbons (Fsp3) is 0.409. The van der Waals surface area contributed by atoms with Crippen LogP contribution in [-0.2, 0) is 17.1 Å². The van der Waals surface area contributed by atoms with Gasteiger partial charge in [0.15, 0.2) is 0 Å². The highest BCUT2D eigenvalue weighted by Crippen LogP contribution is 2.40. The van der Waals surface area contributed by atoms with Gasteiger partial charge in [0.05, 0.1) is 16.5 Å². The van der Waals surface area contributed by atoms with Gasteiger partial charge < -0.3 is 10.1 Å². The number of halogens is 6. The largest absolute Gasteiger partial charge is 0.458 e. The molecule has 2 aromatic heterocycles. The van der Waals surface area contributed by atoms with E-state index >= 15 is 0 Å². The number of aryl methyl sites for hydroxylation is 1. The number of carbonyl (C=O) groups is 1. The molecule has 0 aliphatic heterocycles. The van der Waals surface area contributed by atoms with Crippen LogP contribution in [0.5, 0.6) is 0 Å². The molecule has 0 unspecified atom stereocenters. The third-order valence-electron chi connectivity index (χ3n) is 5.59. The number of nitrogens with zero attached hydrogens (tertiary/aromatic N) is 2. The maximum Gasteiger partial charge on any atom is 0.416 e. The van der Waals surface area contributed by atoms with Crippen LogP contribution in [0.15, 0.2) is 24.5 Å². The standard InChI is InChI=1S/C22H19F6N3O2S/c1-11-16-18(31-14-8-12(21(23,24)25)7-13(9-14)22(26,27)28)29-10-30-19(16)34-17(11)20(32)33-15-5-3-2-4-6-15/h7-10,15H,2-6H2,1H3,(H,29,30,31). The fourth-order valence-electron chi connectivity index (χ4n) is 3.91. The lowest BCUT2D eigenvalue weighted by atomic mass is 9.98. The number of carbonyl (C=O) groups excluding carboxylic acids is 1. The second kappa shape index (κ2) is 9.05. The first-order chi connectivity index (χ1) is 15.9. The SMILES string of the molecule is Cc1c(C(=O)OC2CCCCC2)sc2ncnc(Nc3cc(C(F)(F)F)cc(C(F)(F)F)c3)c12. The van der Waals surface area contributed by atoms with Crippen LogP contribution in [0.25, 0.3) is 10.2 Å². The molecule has 0 atom stereocenters. The Balaban J connectivity index is 1.70. The number of benzene rings is 1. The molecule has 1 aromatic carbocycles. The number of thiophene rings is 1. The Kier molecular flexibility index (Phi) is 6.45. The predicted molar refractivity (Wildman–Crippen MR) is 114 cm³/mol. The van der Waals surface area contributed by atoms with E-state index in [1.807, 2.05) is 0 Å². The molecule has 12 heteroatoms. The van der Waals surface area contributed by atoms with Crippen molar-refractivity contribution in [3.05, 3.63) is 46.1 Å². The molecular formula is C22H19F6N3O2S. The molecule has 3 aromatic rings. The van der Waals surface area contributed by atoms with Gasteiger partial charge in [-0.3, -0.25) is 0 Å². The van der Waals surface area contributed by atoms with E-state index in [1.54, 1.807) is 6.92 Å². The molecule has 182 valence electrons. The Bertz CT molecular complexity index is 1180. The molecule has 1 saturated carbocycles. The van der Waals surface area contributed by atoms with Crippen LogP contribution >= 0.6 is 11.3 Å². The summed E-state index contributed by atoms with van der Waals surface area (Å²) in [6, 6.07) is 1.20. The minimum Gasteiger partial charge on any atom is -0.458 e. The zero-order chi connectivity index (χ0) is 24.7. The molecule has 1 N–H and O–H groups in total. The number of fused-ring (bicyclic) bond motifs is 1. The van der Waals surface area contributed by atoms with Crippen molar-refractivity contribution >= 4 is 39.0 Å². The molecule has 2 heterocycles. The van der Waals surface area contributed by atoms with Crippen molar-refractivity contribution in [3.8, 4) is 0 Å². The van der Waals surface area contributed by atoms with Crippen LogP contribution in [0.3, 0.4) is 0 Å². The van der Waals surface area contributed by atoms with E-state index in [1.165, 1.54) is 0 Å². The summed E-state index contributed by atoms with van der Waals surface area (Å²) < 4.78 is 84.8. The maximum absolute atomic E-state index is 13.2. The zero-order valence-corrected chi connectivity index (χ0v) is 18.6. The molecule has 0 bridgehead atoms. The van der Waals surface area contributed by atoms with Crippen molar-refractivity contribution in [2.75, 3.05) is 5.32 Å². The van der Waals surface area contributed by atoms with Crippen molar-refractivity contribution in [1.82, 2.24) is 9.97 Å². The third kappa shape index (κ3) is 5.11. The number of esters is 1. The lowest BCUT2D eigenvalue weighted by Crippen LogP contribution is -2.20. The highest BCUT2D eigenvalue weighted by molar-refractivity contribution is 7.20. The number of alkyl halides is 6.